The summed E-state index contributed by atoms with van der Waals surface area (Å²) >= 11 is 0. The summed E-state index contributed by atoms with van der Waals surface area (Å²) in [5.41, 5.74) is 8.50. The van der Waals surface area contributed by atoms with Gasteiger partial charge in [-0.25, -0.2) is 0 Å². The van der Waals surface area contributed by atoms with Gasteiger partial charge >= 0.3 is 0 Å². The minimum absolute atomic E-state index is 0.0798. The fourth-order valence-electron chi connectivity index (χ4n) is 4.83. The number of amides is 1. The first-order valence-corrected chi connectivity index (χ1v) is 13.3. The molecule has 2 atom stereocenters. The zero-order valence-electron chi connectivity index (χ0n) is 23.5. The zero-order chi connectivity index (χ0) is 27.6. The third-order valence-electron chi connectivity index (χ3n) is 7.42. The van der Waals surface area contributed by atoms with Crippen molar-refractivity contribution in [2.24, 2.45) is 0 Å². The highest BCUT2D eigenvalue weighted by atomic mass is 16.5. The van der Waals surface area contributed by atoms with Crippen LogP contribution in [0.2, 0.25) is 0 Å². The average molecular weight is 511 g/mol. The highest BCUT2D eigenvalue weighted by Gasteiger charge is 2.17. The Morgan fingerprint density at radius 1 is 0.947 bits per heavy atom. The number of hydrogen-bond donors (Lipinski definition) is 1. The molecule has 0 bridgehead atoms. The number of aryl methyl sites for hydroxylation is 2. The fourth-order valence-corrected chi connectivity index (χ4v) is 4.83. The van der Waals surface area contributed by atoms with Gasteiger partial charge in [-0.15, -0.1) is 0 Å². The van der Waals surface area contributed by atoms with Crippen LogP contribution in [0, 0.1) is 20.8 Å². The number of hydrogen-bond acceptors (Lipinski definition) is 3. The van der Waals surface area contributed by atoms with Gasteiger partial charge < -0.3 is 14.6 Å². The Hall–Kier alpha value is -3.86. The second kappa shape index (κ2) is 11.3. The van der Waals surface area contributed by atoms with Crippen LogP contribution in [0.15, 0.2) is 60.7 Å². The first-order chi connectivity index (χ1) is 18.1. The average Bonchev–Trinajstić information content (AvgIpc) is 3.14. The molecule has 5 nitrogen and oxygen atoms in total. The van der Waals surface area contributed by atoms with Crippen LogP contribution in [0.3, 0.4) is 0 Å². The molecule has 3 aromatic carbocycles. The second-order valence-corrected chi connectivity index (χ2v) is 10.6. The Kier molecular flexibility index (Phi) is 8.05. The Morgan fingerprint density at radius 3 is 2.39 bits per heavy atom. The van der Waals surface area contributed by atoms with E-state index < -0.39 is 6.10 Å². The van der Waals surface area contributed by atoms with Crippen molar-refractivity contribution in [1.29, 1.82) is 0 Å². The highest BCUT2D eigenvalue weighted by Crippen LogP contribution is 2.29. The molecule has 0 fully saturated rings. The van der Waals surface area contributed by atoms with Gasteiger partial charge in [0.15, 0.2) is 12.4 Å². The number of aldehydes is 1. The summed E-state index contributed by atoms with van der Waals surface area (Å²) in [6.45, 7) is 15.0. The molecule has 1 amide bonds. The number of aromatic nitrogens is 1. The summed E-state index contributed by atoms with van der Waals surface area (Å²) < 4.78 is 8.07. The summed E-state index contributed by atoms with van der Waals surface area (Å²) in [6.07, 6.45) is 0.308. The summed E-state index contributed by atoms with van der Waals surface area (Å²) in [7, 11) is 0. The van der Waals surface area contributed by atoms with E-state index in [0.717, 1.165) is 50.9 Å². The van der Waals surface area contributed by atoms with Crippen molar-refractivity contribution in [3.8, 4) is 5.75 Å². The molecule has 0 saturated carbocycles. The molecule has 0 spiro atoms. The molecule has 4 rings (SSSR count). The third kappa shape index (κ3) is 5.67. The van der Waals surface area contributed by atoms with E-state index in [4.69, 9.17) is 4.74 Å². The smallest absolute Gasteiger partial charge is 0.251 e. The maximum atomic E-state index is 13.2. The number of carbonyl (C=O) groups is 2. The van der Waals surface area contributed by atoms with Gasteiger partial charge in [-0.05, 0) is 92.6 Å². The van der Waals surface area contributed by atoms with Crippen molar-refractivity contribution in [3.63, 3.8) is 0 Å². The number of benzene rings is 3. The van der Waals surface area contributed by atoms with Crippen LogP contribution in [0.25, 0.3) is 10.9 Å². The molecule has 5 heteroatoms. The molecular weight excluding hydrogens is 472 g/mol. The zero-order valence-corrected chi connectivity index (χ0v) is 23.5. The second-order valence-electron chi connectivity index (χ2n) is 10.6. The quantitative estimate of drug-likeness (QED) is 0.242. The van der Waals surface area contributed by atoms with Crippen LogP contribution >= 0.6 is 0 Å². The molecule has 0 unspecified atom stereocenters. The van der Waals surface area contributed by atoms with Gasteiger partial charge in [0, 0.05) is 28.7 Å². The van der Waals surface area contributed by atoms with E-state index in [-0.39, 0.29) is 11.9 Å². The lowest BCUT2D eigenvalue weighted by atomic mass is 9.98. The van der Waals surface area contributed by atoms with E-state index >= 15 is 0 Å². The molecule has 0 aliphatic carbocycles. The minimum Gasteiger partial charge on any atom is -0.483 e. The first kappa shape index (κ1) is 27.2. The van der Waals surface area contributed by atoms with E-state index in [1.165, 1.54) is 5.56 Å². The molecule has 4 aromatic rings. The first-order valence-electron chi connectivity index (χ1n) is 13.3. The van der Waals surface area contributed by atoms with Crippen LogP contribution < -0.4 is 10.1 Å². The molecule has 1 aromatic heterocycles. The summed E-state index contributed by atoms with van der Waals surface area (Å²) in [6, 6.07) is 20.4. The predicted molar refractivity (Wildman–Crippen MR) is 154 cm³/mol. The van der Waals surface area contributed by atoms with Gasteiger partial charge in [-0.3, -0.25) is 9.59 Å². The van der Waals surface area contributed by atoms with Gasteiger partial charge in [0.2, 0.25) is 0 Å². The number of nitrogens with zero attached hydrogens (tertiary/aromatic N) is 1. The van der Waals surface area contributed by atoms with Crippen molar-refractivity contribution < 1.29 is 14.3 Å². The molecule has 0 aliphatic rings. The number of nitrogens with one attached hydrogen (secondary N) is 1. The van der Waals surface area contributed by atoms with Gasteiger partial charge in [0.05, 0.1) is 6.04 Å². The SMILES string of the molecule is Cc1ccc(Cn2c(C)c(C)c3cc(C(=O)N[C@@H](C)c4cccc(C(C)C)c4)ccc32)cc1O[C@@H](C)C=O. The van der Waals surface area contributed by atoms with Crippen molar-refractivity contribution in [2.75, 3.05) is 0 Å². The van der Waals surface area contributed by atoms with E-state index in [9.17, 15) is 9.59 Å². The van der Waals surface area contributed by atoms with E-state index in [1.54, 1.807) is 6.92 Å². The van der Waals surface area contributed by atoms with Gasteiger partial charge in [-0.1, -0.05) is 50.2 Å². The standard InChI is InChI=1S/C33H38N2O3/c1-20(2)27-9-8-10-28(16-27)24(6)34-33(37)29-13-14-31-30(17-29)23(5)25(7)35(31)18-26-12-11-21(3)32(15-26)38-22(4)19-36/h8-17,19-20,22,24H,18H2,1-7H3,(H,34,37)/t22-,24-/m0/s1. The molecule has 1 N–H and O–H groups in total. The topological polar surface area (TPSA) is 60.3 Å². The van der Waals surface area contributed by atoms with Crippen LogP contribution in [0.1, 0.15) is 83.5 Å². The highest BCUT2D eigenvalue weighted by molar-refractivity contribution is 5.99. The van der Waals surface area contributed by atoms with Gasteiger partial charge in [0.25, 0.3) is 5.91 Å². The molecule has 198 valence electrons. The summed E-state index contributed by atoms with van der Waals surface area (Å²) in [5, 5.41) is 4.24. The largest absolute Gasteiger partial charge is 0.483 e. The lowest BCUT2D eigenvalue weighted by molar-refractivity contribution is -0.113. The summed E-state index contributed by atoms with van der Waals surface area (Å²) in [4.78, 5) is 24.3. The fraction of sp³-hybridized carbons (Fsp3) is 0.333. The number of carbonyl (C=O) groups excluding carboxylic acids is 2. The molecule has 0 saturated heterocycles. The van der Waals surface area contributed by atoms with E-state index in [1.807, 2.05) is 44.2 Å². The number of rotatable bonds is 9. The van der Waals surface area contributed by atoms with Crippen molar-refractivity contribution in [2.45, 2.75) is 73.1 Å². The van der Waals surface area contributed by atoms with Crippen molar-refractivity contribution >= 4 is 23.1 Å². The Balaban J connectivity index is 1.58. The van der Waals surface area contributed by atoms with Gasteiger partial charge in [0.1, 0.15) is 5.75 Å². The van der Waals surface area contributed by atoms with Crippen molar-refractivity contribution in [1.82, 2.24) is 9.88 Å². The number of fused-ring (bicyclic) bond motifs is 1. The lowest BCUT2D eigenvalue weighted by Gasteiger charge is -2.17. The Bertz CT molecular complexity index is 1480. The maximum Gasteiger partial charge on any atom is 0.251 e. The monoisotopic (exact) mass is 510 g/mol. The molecule has 0 aliphatic heterocycles. The van der Waals surface area contributed by atoms with Gasteiger partial charge in [-0.2, -0.15) is 0 Å². The molecule has 38 heavy (non-hydrogen) atoms. The van der Waals surface area contributed by atoms with Crippen LogP contribution in [-0.2, 0) is 11.3 Å². The Labute approximate surface area is 225 Å². The lowest BCUT2D eigenvalue weighted by Crippen LogP contribution is -2.26. The normalized spacial score (nSPS) is 12.9. The van der Waals surface area contributed by atoms with Crippen molar-refractivity contribution in [3.05, 3.63) is 99.7 Å². The van der Waals surface area contributed by atoms with Crippen LogP contribution in [0.4, 0.5) is 0 Å². The molecule has 0 radical (unpaired) electrons. The minimum atomic E-state index is -0.494. The van der Waals surface area contributed by atoms with E-state index in [2.05, 4.69) is 67.9 Å². The third-order valence-corrected chi connectivity index (χ3v) is 7.42. The summed E-state index contributed by atoms with van der Waals surface area (Å²) in [5.74, 6) is 1.08. The van der Waals surface area contributed by atoms with Crippen LogP contribution in [0.5, 0.6) is 5.75 Å². The number of ether oxygens (including phenoxy) is 1. The molecular formula is C33H38N2O3. The Morgan fingerprint density at radius 2 is 1.68 bits per heavy atom. The van der Waals surface area contributed by atoms with E-state index in [0.29, 0.717) is 18.0 Å². The molecule has 1 heterocycles. The maximum absolute atomic E-state index is 13.2. The predicted octanol–water partition coefficient (Wildman–Crippen LogP) is 7.20. The van der Waals surface area contributed by atoms with Crippen LogP contribution in [-0.4, -0.2) is 22.9 Å².